The van der Waals surface area contributed by atoms with Crippen LogP contribution in [0.1, 0.15) is 24.5 Å². The van der Waals surface area contributed by atoms with Crippen LogP contribution in [0.4, 0.5) is 4.79 Å². The lowest BCUT2D eigenvalue weighted by Gasteiger charge is -2.11. The summed E-state index contributed by atoms with van der Waals surface area (Å²) >= 11 is 1.87. The van der Waals surface area contributed by atoms with Crippen molar-refractivity contribution in [2.45, 2.75) is 32.1 Å². The Morgan fingerprint density at radius 1 is 1.45 bits per heavy atom. The van der Waals surface area contributed by atoms with Crippen LogP contribution in [0.5, 0.6) is 0 Å². The molecule has 0 saturated heterocycles. The fourth-order valence-electron chi connectivity index (χ4n) is 1.69. The monoisotopic (exact) mass is 296 g/mol. The van der Waals surface area contributed by atoms with Gasteiger partial charge in [0, 0.05) is 12.3 Å². The van der Waals surface area contributed by atoms with E-state index in [1.807, 2.05) is 11.8 Å². The topological polar surface area (TPSA) is 61.4 Å². The van der Waals surface area contributed by atoms with Gasteiger partial charge >= 0.3 is 6.03 Å². The van der Waals surface area contributed by atoms with Crippen LogP contribution in [-0.4, -0.2) is 36.1 Å². The van der Waals surface area contributed by atoms with Gasteiger partial charge in [-0.2, -0.15) is 11.8 Å². The standard InChI is InChI=1S/C15H24N2O2S/c1-12-5-3-6-14(9-12)11-20-8-4-7-16-15(19)17-13(2)10-18/h3,5-6,9,13,18H,4,7-8,10-11H2,1-2H3,(H2,16,17,19). The Hall–Kier alpha value is -1.20. The van der Waals surface area contributed by atoms with Gasteiger partial charge in [0.15, 0.2) is 0 Å². The minimum atomic E-state index is -0.213. The molecule has 0 aromatic heterocycles. The Bertz CT molecular complexity index is 413. The van der Waals surface area contributed by atoms with Crippen LogP contribution >= 0.6 is 11.8 Å². The third kappa shape index (κ3) is 7.40. The molecule has 20 heavy (non-hydrogen) atoms. The first-order valence-electron chi connectivity index (χ1n) is 6.90. The molecule has 112 valence electrons. The minimum Gasteiger partial charge on any atom is -0.394 e. The second-order valence-corrected chi connectivity index (χ2v) is 5.98. The number of aliphatic hydroxyl groups excluding tert-OH is 1. The van der Waals surface area contributed by atoms with Crippen molar-refractivity contribution < 1.29 is 9.90 Å². The highest BCUT2D eigenvalue weighted by atomic mass is 32.2. The van der Waals surface area contributed by atoms with Crippen LogP contribution < -0.4 is 10.6 Å². The lowest BCUT2D eigenvalue weighted by Crippen LogP contribution is -2.42. The normalized spacial score (nSPS) is 11.9. The first-order valence-corrected chi connectivity index (χ1v) is 8.06. The molecular formula is C15H24N2O2S. The molecule has 0 radical (unpaired) electrons. The van der Waals surface area contributed by atoms with Gasteiger partial charge in [0.25, 0.3) is 0 Å². The van der Waals surface area contributed by atoms with E-state index in [0.29, 0.717) is 6.54 Å². The summed E-state index contributed by atoms with van der Waals surface area (Å²) in [5.41, 5.74) is 2.64. The van der Waals surface area contributed by atoms with E-state index in [-0.39, 0.29) is 18.7 Å². The van der Waals surface area contributed by atoms with E-state index < -0.39 is 0 Å². The fourth-order valence-corrected chi connectivity index (χ4v) is 2.60. The van der Waals surface area contributed by atoms with Gasteiger partial charge in [-0.1, -0.05) is 29.8 Å². The SMILES string of the molecule is Cc1cccc(CSCCCNC(=O)NC(C)CO)c1. The summed E-state index contributed by atoms with van der Waals surface area (Å²) in [6.45, 7) is 4.48. The molecule has 0 saturated carbocycles. The summed E-state index contributed by atoms with van der Waals surface area (Å²) in [5.74, 6) is 2.03. The number of amides is 2. The third-order valence-corrected chi connectivity index (χ3v) is 3.87. The van der Waals surface area contributed by atoms with Crippen molar-refractivity contribution in [3.05, 3.63) is 35.4 Å². The molecule has 1 atom stereocenters. The Labute approximate surface area is 125 Å². The largest absolute Gasteiger partial charge is 0.394 e. The number of rotatable bonds is 8. The highest BCUT2D eigenvalue weighted by Crippen LogP contribution is 2.13. The molecule has 1 aromatic carbocycles. The summed E-state index contributed by atoms with van der Waals surface area (Å²) in [6.07, 6.45) is 0.942. The zero-order valence-corrected chi connectivity index (χ0v) is 13.0. The molecule has 0 aliphatic heterocycles. The molecule has 1 aromatic rings. The Kier molecular flexibility index (Phi) is 8.14. The molecule has 1 unspecified atom stereocenters. The Morgan fingerprint density at radius 3 is 2.95 bits per heavy atom. The number of hydrogen-bond acceptors (Lipinski definition) is 3. The smallest absolute Gasteiger partial charge is 0.315 e. The second kappa shape index (κ2) is 9.66. The zero-order chi connectivity index (χ0) is 14.8. The first-order chi connectivity index (χ1) is 9.61. The van der Waals surface area contributed by atoms with Crippen LogP contribution in [0.3, 0.4) is 0 Å². The van der Waals surface area contributed by atoms with Gasteiger partial charge in [0.05, 0.1) is 12.6 Å². The highest BCUT2D eigenvalue weighted by Gasteiger charge is 2.04. The molecule has 1 rings (SSSR count). The van der Waals surface area contributed by atoms with E-state index in [4.69, 9.17) is 5.11 Å². The summed E-state index contributed by atoms with van der Waals surface area (Å²) < 4.78 is 0. The van der Waals surface area contributed by atoms with Gasteiger partial charge in [-0.3, -0.25) is 0 Å². The molecule has 0 spiro atoms. The number of carbonyl (C=O) groups is 1. The van der Waals surface area contributed by atoms with Gasteiger partial charge in [0.1, 0.15) is 0 Å². The van der Waals surface area contributed by atoms with E-state index in [1.165, 1.54) is 11.1 Å². The first kappa shape index (κ1) is 16.9. The Morgan fingerprint density at radius 2 is 2.25 bits per heavy atom. The van der Waals surface area contributed by atoms with Crippen LogP contribution in [0.25, 0.3) is 0 Å². The van der Waals surface area contributed by atoms with Crippen molar-refractivity contribution in [2.75, 3.05) is 18.9 Å². The molecule has 0 bridgehead atoms. The van der Waals surface area contributed by atoms with Gasteiger partial charge in [-0.05, 0) is 31.6 Å². The fraction of sp³-hybridized carbons (Fsp3) is 0.533. The number of nitrogens with one attached hydrogen (secondary N) is 2. The number of thioether (sulfide) groups is 1. The Balaban J connectivity index is 2.04. The average Bonchev–Trinajstić information content (AvgIpc) is 2.42. The van der Waals surface area contributed by atoms with Crippen LogP contribution in [-0.2, 0) is 5.75 Å². The number of hydrogen-bond donors (Lipinski definition) is 3. The number of benzene rings is 1. The highest BCUT2D eigenvalue weighted by molar-refractivity contribution is 7.98. The predicted octanol–water partition coefficient (Wildman–Crippen LogP) is 2.30. The second-order valence-electron chi connectivity index (χ2n) is 4.88. The van der Waals surface area contributed by atoms with Gasteiger partial charge in [0.2, 0.25) is 0 Å². The van der Waals surface area contributed by atoms with Crippen LogP contribution in [0, 0.1) is 6.92 Å². The molecule has 5 heteroatoms. The average molecular weight is 296 g/mol. The quantitative estimate of drug-likeness (QED) is 0.645. The van der Waals surface area contributed by atoms with E-state index in [1.54, 1.807) is 6.92 Å². The van der Waals surface area contributed by atoms with Gasteiger partial charge in [-0.25, -0.2) is 4.79 Å². The number of urea groups is 1. The van der Waals surface area contributed by atoms with Crippen LogP contribution in [0.2, 0.25) is 0 Å². The molecule has 3 N–H and O–H groups in total. The van der Waals surface area contributed by atoms with E-state index in [0.717, 1.165) is 17.9 Å². The molecular weight excluding hydrogens is 272 g/mol. The van der Waals surface area contributed by atoms with Crippen molar-refractivity contribution in [1.82, 2.24) is 10.6 Å². The molecule has 0 fully saturated rings. The van der Waals surface area contributed by atoms with E-state index >= 15 is 0 Å². The number of aryl methyl sites for hydroxylation is 1. The van der Waals surface area contributed by atoms with Crippen molar-refractivity contribution in [3.8, 4) is 0 Å². The summed E-state index contributed by atoms with van der Waals surface area (Å²) in [7, 11) is 0. The maximum Gasteiger partial charge on any atom is 0.315 e. The maximum atomic E-state index is 11.4. The molecule has 4 nitrogen and oxygen atoms in total. The molecule has 0 heterocycles. The maximum absolute atomic E-state index is 11.4. The lowest BCUT2D eigenvalue weighted by molar-refractivity contribution is 0.220. The van der Waals surface area contributed by atoms with Crippen molar-refractivity contribution in [1.29, 1.82) is 0 Å². The lowest BCUT2D eigenvalue weighted by atomic mass is 10.2. The van der Waals surface area contributed by atoms with E-state index in [2.05, 4.69) is 41.8 Å². The third-order valence-electron chi connectivity index (χ3n) is 2.75. The molecule has 0 aliphatic rings. The number of carbonyl (C=O) groups excluding carboxylic acids is 1. The predicted molar refractivity (Wildman–Crippen MR) is 85.0 cm³/mol. The minimum absolute atomic E-state index is 0.0419. The summed E-state index contributed by atoms with van der Waals surface area (Å²) in [4.78, 5) is 11.4. The van der Waals surface area contributed by atoms with Gasteiger partial charge < -0.3 is 15.7 Å². The van der Waals surface area contributed by atoms with Crippen LogP contribution in [0.15, 0.2) is 24.3 Å². The van der Waals surface area contributed by atoms with Crippen molar-refractivity contribution in [2.24, 2.45) is 0 Å². The van der Waals surface area contributed by atoms with Crippen molar-refractivity contribution in [3.63, 3.8) is 0 Å². The zero-order valence-electron chi connectivity index (χ0n) is 12.2. The summed E-state index contributed by atoms with van der Waals surface area (Å²) in [5, 5.41) is 14.2. The van der Waals surface area contributed by atoms with E-state index in [9.17, 15) is 4.79 Å². The number of aliphatic hydroxyl groups is 1. The summed E-state index contributed by atoms with van der Waals surface area (Å²) in [6, 6.07) is 8.11. The van der Waals surface area contributed by atoms with Gasteiger partial charge in [-0.15, -0.1) is 0 Å². The molecule has 2 amide bonds. The van der Waals surface area contributed by atoms with Crippen molar-refractivity contribution >= 4 is 17.8 Å². The molecule has 0 aliphatic carbocycles.